The monoisotopic (exact) mass is 200 g/mol. The van der Waals surface area contributed by atoms with E-state index in [-0.39, 0.29) is 23.8 Å². The number of amides is 1. The zero-order valence-corrected chi connectivity index (χ0v) is 9.17. The van der Waals surface area contributed by atoms with Crippen LogP contribution in [0.15, 0.2) is 0 Å². The summed E-state index contributed by atoms with van der Waals surface area (Å²) in [4.78, 5) is 11.4. The third-order valence-corrected chi connectivity index (χ3v) is 2.24. The Balaban J connectivity index is 2.33. The van der Waals surface area contributed by atoms with Gasteiger partial charge in [-0.25, -0.2) is 4.79 Å². The molecule has 0 radical (unpaired) electrons. The molecule has 1 fully saturated rings. The van der Waals surface area contributed by atoms with Gasteiger partial charge in [0.1, 0.15) is 6.10 Å². The Morgan fingerprint density at radius 3 is 2.50 bits per heavy atom. The minimum absolute atomic E-state index is 0.0146. The average molecular weight is 200 g/mol. The van der Waals surface area contributed by atoms with E-state index in [1.807, 2.05) is 20.8 Å². The molecule has 0 saturated heterocycles. The lowest BCUT2D eigenvalue weighted by Crippen LogP contribution is -2.44. The van der Waals surface area contributed by atoms with Gasteiger partial charge in [0.25, 0.3) is 0 Å². The number of hydrogen-bond acceptors (Lipinski definition) is 3. The maximum Gasteiger partial charge on any atom is 0.407 e. The van der Waals surface area contributed by atoms with Crippen LogP contribution < -0.4 is 11.1 Å². The zero-order valence-electron chi connectivity index (χ0n) is 9.17. The molecular weight excluding hydrogens is 180 g/mol. The van der Waals surface area contributed by atoms with Crippen LogP contribution in [0.2, 0.25) is 0 Å². The van der Waals surface area contributed by atoms with Gasteiger partial charge in [-0.15, -0.1) is 0 Å². The van der Waals surface area contributed by atoms with Gasteiger partial charge in [-0.2, -0.15) is 0 Å². The molecule has 2 unspecified atom stereocenters. The van der Waals surface area contributed by atoms with Gasteiger partial charge >= 0.3 is 6.09 Å². The first-order valence-corrected chi connectivity index (χ1v) is 5.13. The molecule has 0 aromatic heterocycles. The van der Waals surface area contributed by atoms with E-state index in [4.69, 9.17) is 10.5 Å². The van der Waals surface area contributed by atoms with Gasteiger partial charge < -0.3 is 15.8 Å². The van der Waals surface area contributed by atoms with Crippen LogP contribution >= 0.6 is 0 Å². The maximum atomic E-state index is 11.4. The molecule has 2 atom stereocenters. The molecule has 1 aliphatic rings. The van der Waals surface area contributed by atoms with E-state index < -0.39 is 0 Å². The lowest BCUT2D eigenvalue weighted by Gasteiger charge is -2.23. The Bertz CT molecular complexity index is 211. The molecule has 1 saturated carbocycles. The molecule has 1 rings (SSSR count). The van der Waals surface area contributed by atoms with E-state index in [2.05, 4.69) is 5.32 Å². The summed E-state index contributed by atoms with van der Waals surface area (Å²) in [7, 11) is 0. The van der Waals surface area contributed by atoms with Gasteiger partial charge in [-0.1, -0.05) is 0 Å². The number of nitrogens with two attached hydrogens (primary N) is 1. The second kappa shape index (κ2) is 4.17. The Morgan fingerprint density at radius 2 is 2.07 bits per heavy atom. The summed E-state index contributed by atoms with van der Waals surface area (Å²) in [6.07, 6.45) is 2.43. The summed E-state index contributed by atoms with van der Waals surface area (Å²) >= 11 is 0. The summed E-state index contributed by atoms with van der Waals surface area (Å²) in [5, 5.41) is 2.75. The number of ether oxygens (including phenoxy) is 1. The topological polar surface area (TPSA) is 64.3 Å². The van der Waals surface area contributed by atoms with Gasteiger partial charge in [0.2, 0.25) is 0 Å². The number of hydrogen-bond donors (Lipinski definition) is 2. The highest BCUT2D eigenvalue weighted by Crippen LogP contribution is 2.20. The molecule has 0 aliphatic heterocycles. The Morgan fingerprint density at radius 1 is 1.43 bits per heavy atom. The molecule has 82 valence electrons. The largest absolute Gasteiger partial charge is 0.445 e. The van der Waals surface area contributed by atoms with Crippen LogP contribution in [0.25, 0.3) is 0 Å². The smallest absolute Gasteiger partial charge is 0.407 e. The highest BCUT2D eigenvalue weighted by atomic mass is 16.6. The Labute approximate surface area is 85.2 Å². The highest BCUT2D eigenvalue weighted by molar-refractivity contribution is 5.68. The summed E-state index contributed by atoms with van der Waals surface area (Å²) in [5.74, 6) is 0. The van der Waals surface area contributed by atoms with Crippen molar-refractivity contribution in [3.05, 3.63) is 0 Å². The van der Waals surface area contributed by atoms with Gasteiger partial charge in [-0.3, -0.25) is 0 Å². The number of alkyl carbamates (subject to hydrolysis) is 1. The van der Waals surface area contributed by atoms with Crippen LogP contribution in [0.4, 0.5) is 4.79 Å². The average Bonchev–Trinajstić information content (AvgIpc) is 2.32. The van der Waals surface area contributed by atoms with Gasteiger partial charge in [-0.05, 0) is 40.0 Å². The SMILES string of the molecule is CC(C)(C)NC(=O)OC1CCCC1N. The van der Waals surface area contributed by atoms with Crippen molar-refractivity contribution in [2.24, 2.45) is 5.73 Å². The second-order valence-electron chi connectivity index (χ2n) is 4.91. The molecule has 4 nitrogen and oxygen atoms in total. The lowest BCUT2D eigenvalue weighted by molar-refractivity contribution is 0.0866. The predicted octanol–water partition coefficient (Wildman–Crippen LogP) is 1.39. The molecule has 0 bridgehead atoms. The predicted molar refractivity (Wildman–Crippen MR) is 55.0 cm³/mol. The minimum Gasteiger partial charge on any atom is -0.445 e. The first kappa shape index (κ1) is 11.3. The normalized spacial score (nSPS) is 27.4. The van der Waals surface area contributed by atoms with Crippen LogP contribution in [0.1, 0.15) is 40.0 Å². The molecule has 0 aromatic carbocycles. The van der Waals surface area contributed by atoms with Crippen molar-refractivity contribution in [1.82, 2.24) is 5.32 Å². The van der Waals surface area contributed by atoms with Crippen molar-refractivity contribution in [3.63, 3.8) is 0 Å². The molecule has 0 aromatic rings. The van der Waals surface area contributed by atoms with Crippen LogP contribution in [0.5, 0.6) is 0 Å². The van der Waals surface area contributed by atoms with Crippen LogP contribution in [0.3, 0.4) is 0 Å². The molecule has 1 amide bonds. The molecule has 4 heteroatoms. The first-order chi connectivity index (χ1) is 6.38. The van der Waals surface area contributed by atoms with Crippen molar-refractivity contribution in [1.29, 1.82) is 0 Å². The van der Waals surface area contributed by atoms with E-state index in [1.54, 1.807) is 0 Å². The quantitative estimate of drug-likeness (QED) is 0.672. The third-order valence-electron chi connectivity index (χ3n) is 2.24. The number of rotatable bonds is 1. The Hall–Kier alpha value is -0.770. The van der Waals surface area contributed by atoms with Crippen LogP contribution in [-0.4, -0.2) is 23.8 Å². The lowest BCUT2D eigenvalue weighted by atomic mass is 10.1. The first-order valence-electron chi connectivity index (χ1n) is 5.13. The molecule has 0 spiro atoms. The summed E-state index contributed by atoms with van der Waals surface area (Å²) in [6, 6.07) is 0.0146. The van der Waals surface area contributed by atoms with Gasteiger partial charge in [0, 0.05) is 11.6 Å². The highest BCUT2D eigenvalue weighted by Gasteiger charge is 2.28. The van der Waals surface area contributed by atoms with Crippen LogP contribution in [0, 0.1) is 0 Å². The maximum absolute atomic E-state index is 11.4. The standard InChI is InChI=1S/C10H20N2O2/c1-10(2,3)12-9(13)14-8-6-4-5-7(8)11/h7-8H,4-6,11H2,1-3H3,(H,12,13). The second-order valence-corrected chi connectivity index (χ2v) is 4.91. The molecule has 0 heterocycles. The summed E-state index contributed by atoms with van der Waals surface area (Å²) in [6.45, 7) is 5.76. The van der Waals surface area contributed by atoms with Crippen molar-refractivity contribution in [2.45, 2.75) is 57.7 Å². The minimum atomic E-state index is -0.361. The zero-order chi connectivity index (χ0) is 10.8. The van der Waals surface area contributed by atoms with Crippen molar-refractivity contribution in [3.8, 4) is 0 Å². The summed E-state index contributed by atoms with van der Waals surface area (Å²) < 4.78 is 5.22. The number of nitrogens with one attached hydrogen (secondary N) is 1. The molecule has 3 N–H and O–H groups in total. The van der Waals surface area contributed by atoms with Crippen LogP contribution in [-0.2, 0) is 4.74 Å². The van der Waals surface area contributed by atoms with Crippen molar-refractivity contribution in [2.75, 3.05) is 0 Å². The fourth-order valence-corrected chi connectivity index (χ4v) is 1.57. The van der Waals surface area contributed by atoms with Crippen molar-refractivity contribution < 1.29 is 9.53 Å². The Kier molecular flexibility index (Phi) is 3.37. The van der Waals surface area contributed by atoms with E-state index in [9.17, 15) is 4.79 Å². The van der Waals surface area contributed by atoms with Crippen molar-refractivity contribution >= 4 is 6.09 Å². The molecular formula is C10H20N2O2. The third kappa shape index (κ3) is 3.54. The number of carbonyl (C=O) groups is 1. The fraction of sp³-hybridized carbons (Fsp3) is 0.900. The number of carbonyl (C=O) groups excluding carboxylic acids is 1. The van der Waals surface area contributed by atoms with E-state index in [0.29, 0.717) is 0 Å². The van der Waals surface area contributed by atoms with E-state index in [0.717, 1.165) is 19.3 Å². The fourth-order valence-electron chi connectivity index (χ4n) is 1.57. The van der Waals surface area contributed by atoms with E-state index in [1.165, 1.54) is 0 Å². The van der Waals surface area contributed by atoms with Gasteiger partial charge in [0.05, 0.1) is 0 Å². The van der Waals surface area contributed by atoms with E-state index >= 15 is 0 Å². The molecule has 1 aliphatic carbocycles. The molecule has 14 heavy (non-hydrogen) atoms. The summed E-state index contributed by atoms with van der Waals surface area (Å²) in [5.41, 5.74) is 5.54. The van der Waals surface area contributed by atoms with Gasteiger partial charge in [0.15, 0.2) is 0 Å².